The number of carbonyl (C=O) groups is 2. The molecule has 0 unspecified atom stereocenters. The van der Waals surface area contributed by atoms with Crippen molar-refractivity contribution >= 4 is 35.2 Å². The first kappa shape index (κ1) is 46.5. The molecule has 4 aromatic rings. The summed E-state index contributed by atoms with van der Waals surface area (Å²) in [6.07, 6.45) is 3.91. The molecule has 0 saturated heterocycles. The van der Waals surface area contributed by atoms with Crippen LogP contribution in [0.25, 0.3) is 11.4 Å². The molecule has 3 N–H and O–H groups in total. The highest BCUT2D eigenvalue weighted by Crippen LogP contribution is 2.31. The molecule has 300 valence electrons. The third kappa shape index (κ3) is 13.9. The average Bonchev–Trinajstić information content (AvgIpc) is 3.86. The van der Waals surface area contributed by atoms with Gasteiger partial charge in [0.05, 0.1) is 54.1 Å². The predicted octanol–water partition coefficient (Wildman–Crippen LogP) is 7.83. The lowest BCUT2D eigenvalue weighted by Gasteiger charge is -2.18. The van der Waals surface area contributed by atoms with Gasteiger partial charge < -0.3 is 29.5 Å². The van der Waals surface area contributed by atoms with E-state index in [9.17, 15) is 22.8 Å². The zero-order valence-electron chi connectivity index (χ0n) is 32.9. The van der Waals surface area contributed by atoms with Gasteiger partial charge in [0, 0.05) is 29.7 Å². The summed E-state index contributed by atoms with van der Waals surface area (Å²) in [4.78, 5) is 30.6. The molecule has 0 bridgehead atoms. The molecule has 0 fully saturated rings. The molecule has 17 heteroatoms. The van der Waals surface area contributed by atoms with Crippen molar-refractivity contribution in [3.8, 4) is 11.8 Å². The minimum atomic E-state index is -4.65. The Labute approximate surface area is 329 Å². The molecule has 0 aliphatic heterocycles. The van der Waals surface area contributed by atoms with Crippen LogP contribution in [0.15, 0.2) is 93.9 Å². The number of hydrogen-bond donors (Lipinski definition) is 3. The second-order valence-electron chi connectivity index (χ2n) is 11.5. The lowest BCUT2D eigenvalue weighted by atomic mass is 10.1. The molecule has 0 radical (unpaired) electrons. The van der Waals surface area contributed by atoms with Gasteiger partial charge in [-0.15, -0.1) is 10.2 Å². The number of benzene rings is 2. The molecule has 2 aromatic carbocycles. The fourth-order valence-electron chi connectivity index (χ4n) is 4.68. The van der Waals surface area contributed by atoms with Gasteiger partial charge >= 0.3 is 6.18 Å². The first-order chi connectivity index (χ1) is 26.8. The Kier molecular flexibility index (Phi) is 19.3. The van der Waals surface area contributed by atoms with E-state index in [2.05, 4.69) is 44.2 Å². The van der Waals surface area contributed by atoms with E-state index < -0.39 is 35.2 Å². The Bertz CT molecular complexity index is 2000. The van der Waals surface area contributed by atoms with E-state index in [1.165, 1.54) is 40.9 Å². The Morgan fingerprint density at radius 3 is 2.38 bits per heavy atom. The number of anilines is 1. The summed E-state index contributed by atoms with van der Waals surface area (Å²) in [5.41, 5.74) is -0.389. The van der Waals surface area contributed by atoms with Crippen LogP contribution >= 0.6 is 12.0 Å². The van der Waals surface area contributed by atoms with Gasteiger partial charge in [-0.05, 0) is 82.9 Å². The molecule has 56 heavy (non-hydrogen) atoms. The zero-order valence-corrected chi connectivity index (χ0v) is 33.7. The van der Waals surface area contributed by atoms with E-state index in [0.29, 0.717) is 23.7 Å². The van der Waals surface area contributed by atoms with Crippen molar-refractivity contribution in [1.82, 2.24) is 35.5 Å². The molecule has 13 nitrogen and oxygen atoms in total. The quantitative estimate of drug-likeness (QED) is 0.0375. The van der Waals surface area contributed by atoms with E-state index >= 15 is 0 Å². The molecule has 2 amide bonds. The molecule has 2 heterocycles. The number of nitriles is 1. The molecular formula is C39H48F3N9O4S. The van der Waals surface area contributed by atoms with Crippen LogP contribution in [0, 0.1) is 11.3 Å². The van der Waals surface area contributed by atoms with Crippen LogP contribution in [0.4, 0.5) is 18.9 Å². The van der Waals surface area contributed by atoms with Crippen LogP contribution in [0.5, 0.6) is 0 Å². The van der Waals surface area contributed by atoms with Gasteiger partial charge in [-0.3, -0.25) is 9.59 Å². The Hall–Kier alpha value is -5.70. The minimum absolute atomic E-state index is 0.0138. The van der Waals surface area contributed by atoms with Crippen LogP contribution in [-0.4, -0.2) is 64.9 Å². The van der Waals surface area contributed by atoms with Crippen molar-refractivity contribution in [2.24, 2.45) is 0 Å². The first-order valence-corrected chi connectivity index (χ1v) is 18.3. The Morgan fingerprint density at radius 1 is 1.11 bits per heavy atom. The molecule has 0 aliphatic rings. The molecule has 0 spiro atoms. The molecule has 0 aliphatic carbocycles. The van der Waals surface area contributed by atoms with E-state index in [-0.39, 0.29) is 23.0 Å². The highest BCUT2D eigenvalue weighted by molar-refractivity contribution is 7.98. The SMILES string of the molecule is C/C=C\C=C(/CC)SOC.CC.CN/C(=C(\C(=O)Nc1cccc(C(F)(F)F)c1)C(=O)N[C@@H](C)c1nnc(CN(C)C)o1)c1ccnn1-c1ccc(C#N)cc1. The molecule has 4 rings (SSSR count). The van der Waals surface area contributed by atoms with Crippen molar-refractivity contribution < 1.29 is 31.4 Å². The fourth-order valence-corrected chi connectivity index (χ4v) is 5.14. The minimum Gasteiger partial charge on any atom is -0.422 e. The lowest BCUT2D eigenvalue weighted by Crippen LogP contribution is -2.35. The average molecular weight is 796 g/mol. The number of nitrogens with zero attached hydrogens (tertiary/aromatic N) is 6. The zero-order chi connectivity index (χ0) is 41.8. The van der Waals surface area contributed by atoms with Gasteiger partial charge in [0.2, 0.25) is 11.8 Å². The highest BCUT2D eigenvalue weighted by atomic mass is 32.2. The maximum atomic E-state index is 13.8. The summed E-state index contributed by atoms with van der Waals surface area (Å²) >= 11 is 1.43. The van der Waals surface area contributed by atoms with Crippen LogP contribution < -0.4 is 16.0 Å². The van der Waals surface area contributed by atoms with Crippen molar-refractivity contribution in [2.45, 2.75) is 59.8 Å². The summed E-state index contributed by atoms with van der Waals surface area (Å²) in [7, 11) is 6.79. The second-order valence-corrected chi connectivity index (χ2v) is 12.6. The fraction of sp³-hybridized carbons (Fsp3) is 0.333. The predicted molar refractivity (Wildman–Crippen MR) is 212 cm³/mol. The van der Waals surface area contributed by atoms with Gasteiger partial charge in [-0.2, -0.15) is 23.5 Å². The summed E-state index contributed by atoms with van der Waals surface area (Å²) in [5.74, 6) is -1.48. The number of allylic oxidation sites excluding steroid dienone is 4. The van der Waals surface area contributed by atoms with Gasteiger partial charge in [0.1, 0.15) is 11.6 Å². The van der Waals surface area contributed by atoms with Gasteiger partial charge in [-0.25, -0.2) is 4.68 Å². The van der Waals surface area contributed by atoms with E-state index in [4.69, 9.17) is 13.9 Å². The standard InChI is InChI=1S/C29H28F3N9O3.C8H14OS.C2H6/c1-17(28-39-38-23(44-28)16-40(3)4)36-26(42)24(27(43)37-20-7-5-6-19(14-20)29(30,31)32)25(34-2)22-12-13-35-41(22)21-10-8-18(15-33)9-11-21;1-4-6-7-8(5-2)10-9-3;1-2/h5-14,17,34H,16H2,1-4H3,(H,36,42)(H,37,43);4,6-7H,5H2,1-3H3;1-2H3/b25-24-;6-4-,8-7+;/t17-;;/m0../s1. The van der Waals surface area contributed by atoms with Gasteiger partial charge in [0.15, 0.2) is 0 Å². The van der Waals surface area contributed by atoms with Crippen molar-refractivity contribution in [1.29, 1.82) is 5.26 Å². The maximum absolute atomic E-state index is 13.8. The molecule has 2 aromatic heterocycles. The van der Waals surface area contributed by atoms with Gasteiger partial charge in [0.25, 0.3) is 11.8 Å². The number of aromatic nitrogens is 4. The van der Waals surface area contributed by atoms with E-state index in [1.54, 1.807) is 44.4 Å². The first-order valence-electron chi connectivity index (χ1n) is 17.5. The third-order valence-electron chi connectivity index (χ3n) is 7.21. The lowest BCUT2D eigenvalue weighted by molar-refractivity contribution is -0.137. The van der Waals surface area contributed by atoms with Crippen LogP contribution in [0.2, 0.25) is 0 Å². The molecule has 0 saturated carbocycles. The topological polar surface area (TPSA) is 163 Å². The van der Waals surface area contributed by atoms with Gasteiger partial charge in [-0.1, -0.05) is 45.1 Å². The number of amides is 2. The summed E-state index contributed by atoms with van der Waals surface area (Å²) in [5, 5.41) is 29.3. The monoisotopic (exact) mass is 795 g/mol. The third-order valence-corrected chi connectivity index (χ3v) is 8.01. The summed E-state index contributed by atoms with van der Waals surface area (Å²) < 4.78 is 52.0. The van der Waals surface area contributed by atoms with Crippen LogP contribution in [-0.2, 0) is 26.5 Å². The highest BCUT2D eigenvalue weighted by Gasteiger charge is 2.32. The summed E-state index contributed by atoms with van der Waals surface area (Å²) in [6, 6.07) is 13.2. The van der Waals surface area contributed by atoms with Crippen molar-refractivity contribution in [3.63, 3.8) is 0 Å². The molecule has 1 atom stereocenters. The maximum Gasteiger partial charge on any atom is 0.416 e. The van der Waals surface area contributed by atoms with Crippen molar-refractivity contribution in [2.75, 3.05) is 33.6 Å². The number of hydrogen-bond acceptors (Lipinski definition) is 11. The number of alkyl halides is 3. The molecular weight excluding hydrogens is 748 g/mol. The smallest absolute Gasteiger partial charge is 0.416 e. The second kappa shape index (κ2) is 23.3. The number of rotatable bonds is 14. The summed E-state index contributed by atoms with van der Waals surface area (Å²) in [6.45, 7) is 10.1. The Morgan fingerprint density at radius 2 is 1.80 bits per heavy atom. The number of nitrogens with one attached hydrogen (secondary N) is 3. The Balaban J connectivity index is 0.000000785. The largest absolute Gasteiger partial charge is 0.422 e. The van der Waals surface area contributed by atoms with E-state index in [1.807, 2.05) is 58.0 Å². The normalized spacial score (nSPS) is 12.4. The van der Waals surface area contributed by atoms with Crippen LogP contribution in [0.3, 0.4) is 0 Å². The van der Waals surface area contributed by atoms with Crippen molar-refractivity contribution in [3.05, 3.63) is 118 Å². The number of halogens is 3. The van der Waals surface area contributed by atoms with Crippen LogP contribution in [0.1, 0.15) is 75.7 Å². The number of carbonyl (C=O) groups excluding carboxylic acids is 2. The van der Waals surface area contributed by atoms with E-state index in [0.717, 1.165) is 24.6 Å².